The van der Waals surface area contributed by atoms with Crippen LogP contribution in [0.25, 0.3) is 0 Å². The van der Waals surface area contributed by atoms with Gasteiger partial charge in [0.15, 0.2) is 0 Å². The van der Waals surface area contributed by atoms with Crippen molar-refractivity contribution in [1.29, 1.82) is 0 Å². The summed E-state index contributed by atoms with van der Waals surface area (Å²) in [7, 11) is 2.24. The van der Waals surface area contributed by atoms with E-state index in [1.807, 2.05) is 6.07 Å². The van der Waals surface area contributed by atoms with Gasteiger partial charge in [0.25, 0.3) is 0 Å². The van der Waals surface area contributed by atoms with E-state index in [-0.39, 0.29) is 0 Å². The van der Waals surface area contributed by atoms with Crippen LogP contribution in [0.4, 0.5) is 0 Å². The summed E-state index contributed by atoms with van der Waals surface area (Å²) in [5, 5.41) is 4.48. The van der Waals surface area contributed by atoms with Gasteiger partial charge in [-0.15, -0.1) is 0 Å². The Balaban J connectivity index is 2.23. The second-order valence-electron chi connectivity index (χ2n) is 6.05. The molecular formula is C17H26BrClN2. The Morgan fingerprint density at radius 1 is 1.38 bits per heavy atom. The molecule has 2 nitrogen and oxygen atoms in total. The van der Waals surface area contributed by atoms with Crippen LogP contribution in [0.1, 0.15) is 44.2 Å². The summed E-state index contributed by atoms with van der Waals surface area (Å²) >= 11 is 10.0. The molecule has 0 amide bonds. The lowest BCUT2D eigenvalue weighted by molar-refractivity contribution is 0.189. The average molecular weight is 374 g/mol. The number of nitrogens with one attached hydrogen (secondary N) is 1. The molecule has 2 unspecified atom stereocenters. The fourth-order valence-corrected chi connectivity index (χ4v) is 4.12. The van der Waals surface area contributed by atoms with Crippen LogP contribution < -0.4 is 5.32 Å². The first-order valence-electron chi connectivity index (χ1n) is 7.99. The van der Waals surface area contributed by atoms with E-state index in [2.05, 4.69) is 52.3 Å². The zero-order valence-corrected chi connectivity index (χ0v) is 15.4. The van der Waals surface area contributed by atoms with Crippen LogP contribution in [0.3, 0.4) is 0 Å². The molecule has 2 atom stereocenters. The number of nitrogens with zero attached hydrogens (tertiary/aromatic N) is 1. The Kier molecular flexibility index (Phi) is 7.00. The molecule has 21 heavy (non-hydrogen) atoms. The first kappa shape index (κ1) is 17.3. The smallest absolute Gasteiger partial charge is 0.0465 e. The Morgan fingerprint density at radius 3 is 2.90 bits per heavy atom. The predicted molar refractivity (Wildman–Crippen MR) is 95.0 cm³/mol. The molecule has 2 rings (SSSR count). The zero-order valence-electron chi connectivity index (χ0n) is 13.0. The maximum absolute atomic E-state index is 6.53. The third-order valence-corrected chi connectivity index (χ3v) is 5.19. The summed E-state index contributed by atoms with van der Waals surface area (Å²) in [4.78, 5) is 2.49. The molecule has 1 aliphatic heterocycles. The van der Waals surface area contributed by atoms with Crippen LogP contribution >= 0.6 is 27.5 Å². The van der Waals surface area contributed by atoms with Gasteiger partial charge in [-0.1, -0.05) is 46.9 Å². The van der Waals surface area contributed by atoms with Gasteiger partial charge in [0.2, 0.25) is 0 Å². The molecule has 0 radical (unpaired) electrons. The van der Waals surface area contributed by atoms with Crippen molar-refractivity contribution >= 4 is 27.5 Å². The number of hydrogen-bond donors (Lipinski definition) is 1. The van der Waals surface area contributed by atoms with E-state index in [0.717, 1.165) is 29.1 Å². The molecule has 4 heteroatoms. The first-order valence-corrected chi connectivity index (χ1v) is 9.16. The maximum Gasteiger partial charge on any atom is 0.0465 e. The molecular weight excluding hydrogens is 348 g/mol. The van der Waals surface area contributed by atoms with Crippen molar-refractivity contribution in [2.75, 3.05) is 26.7 Å². The molecule has 1 heterocycles. The van der Waals surface area contributed by atoms with E-state index in [1.54, 1.807) is 0 Å². The molecule has 1 aromatic rings. The van der Waals surface area contributed by atoms with Crippen LogP contribution in [0.2, 0.25) is 5.02 Å². The van der Waals surface area contributed by atoms with Crippen molar-refractivity contribution in [2.45, 2.75) is 38.6 Å². The minimum atomic E-state index is 0.414. The van der Waals surface area contributed by atoms with E-state index in [0.29, 0.717) is 12.0 Å². The van der Waals surface area contributed by atoms with Gasteiger partial charge in [-0.25, -0.2) is 0 Å². The fraction of sp³-hybridized carbons (Fsp3) is 0.647. The van der Waals surface area contributed by atoms with E-state index in [4.69, 9.17) is 11.6 Å². The number of benzene rings is 1. The predicted octanol–water partition coefficient (Wildman–Crippen LogP) is 4.88. The number of hydrogen-bond acceptors (Lipinski definition) is 2. The summed E-state index contributed by atoms with van der Waals surface area (Å²) in [5.74, 6) is 0.628. The highest BCUT2D eigenvalue weighted by molar-refractivity contribution is 9.10. The molecule has 1 aromatic carbocycles. The maximum atomic E-state index is 6.53. The number of rotatable bonds is 5. The van der Waals surface area contributed by atoms with Gasteiger partial charge in [-0.3, -0.25) is 4.90 Å². The highest BCUT2D eigenvalue weighted by Gasteiger charge is 2.30. The second-order valence-corrected chi connectivity index (χ2v) is 7.37. The van der Waals surface area contributed by atoms with Crippen molar-refractivity contribution < 1.29 is 0 Å². The minimum absolute atomic E-state index is 0.414. The van der Waals surface area contributed by atoms with Crippen molar-refractivity contribution in [3.63, 3.8) is 0 Å². The third-order valence-electron chi connectivity index (χ3n) is 4.37. The van der Waals surface area contributed by atoms with Crippen LogP contribution in [0, 0.1) is 5.92 Å². The second kappa shape index (κ2) is 8.52. The normalized spacial score (nSPS) is 24.0. The van der Waals surface area contributed by atoms with Crippen LogP contribution in [-0.4, -0.2) is 31.6 Å². The molecule has 1 aliphatic rings. The lowest BCUT2D eigenvalue weighted by Gasteiger charge is -2.33. The quantitative estimate of drug-likeness (QED) is 0.740. The lowest BCUT2D eigenvalue weighted by atomic mass is 9.89. The monoisotopic (exact) mass is 372 g/mol. The van der Waals surface area contributed by atoms with Crippen LogP contribution in [0.15, 0.2) is 22.7 Å². The van der Waals surface area contributed by atoms with Crippen molar-refractivity contribution in [3.8, 4) is 0 Å². The van der Waals surface area contributed by atoms with Gasteiger partial charge in [0.1, 0.15) is 0 Å². The van der Waals surface area contributed by atoms with E-state index in [1.165, 1.54) is 31.2 Å². The highest BCUT2D eigenvalue weighted by Crippen LogP contribution is 2.38. The van der Waals surface area contributed by atoms with Crippen molar-refractivity contribution in [2.24, 2.45) is 5.92 Å². The average Bonchev–Trinajstić information content (AvgIpc) is 2.62. The summed E-state index contributed by atoms with van der Waals surface area (Å²) < 4.78 is 1.05. The molecule has 0 spiro atoms. The fourth-order valence-electron chi connectivity index (χ4n) is 3.34. The van der Waals surface area contributed by atoms with Crippen molar-refractivity contribution in [1.82, 2.24) is 10.2 Å². The lowest BCUT2D eigenvalue weighted by Crippen LogP contribution is -2.35. The standard InChI is InChI=1S/C17H26BrClN2/c1-3-9-20-12-13-6-4-5-10-21(2)17(13)15-8-7-14(18)11-16(15)19/h7-8,11,13,17,20H,3-6,9-10,12H2,1-2H3. The van der Waals surface area contributed by atoms with Crippen LogP contribution in [0.5, 0.6) is 0 Å². The molecule has 118 valence electrons. The number of likely N-dealkylation sites (tertiary alicyclic amines) is 1. The highest BCUT2D eigenvalue weighted by atomic mass is 79.9. The van der Waals surface area contributed by atoms with E-state index in [9.17, 15) is 0 Å². The topological polar surface area (TPSA) is 15.3 Å². The van der Waals surface area contributed by atoms with Gasteiger partial charge in [-0.2, -0.15) is 0 Å². The Bertz CT molecular complexity index is 452. The van der Waals surface area contributed by atoms with Gasteiger partial charge >= 0.3 is 0 Å². The van der Waals surface area contributed by atoms with Crippen molar-refractivity contribution in [3.05, 3.63) is 33.3 Å². The molecule has 0 bridgehead atoms. The van der Waals surface area contributed by atoms with Gasteiger partial charge in [-0.05, 0) is 69.6 Å². The van der Waals surface area contributed by atoms with E-state index < -0.39 is 0 Å². The van der Waals surface area contributed by atoms with E-state index >= 15 is 0 Å². The first-order chi connectivity index (χ1) is 10.1. The molecule has 1 saturated heterocycles. The molecule has 0 aromatic heterocycles. The minimum Gasteiger partial charge on any atom is -0.316 e. The molecule has 0 aliphatic carbocycles. The molecule has 1 fully saturated rings. The SMILES string of the molecule is CCCNCC1CCCCN(C)C1c1ccc(Br)cc1Cl. The van der Waals surface area contributed by atoms with Gasteiger partial charge in [0.05, 0.1) is 0 Å². The zero-order chi connectivity index (χ0) is 15.2. The summed E-state index contributed by atoms with van der Waals surface area (Å²) in [6.45, 7) is 5.55. The largest absolute Gasteiger partial charge is 0.316 e. The molecule has 0 saturated carbocycles. The summed E-state index contributed by atoms with van der Waals surface area (Å²) in [6, 6.07) is 6.73. The number of halogens is 2. The Morgan fingerprint density at radius 2 is 2.19 bits per heavy atom. The summed E-state index contributed by atoms with van der Waals surface area (Å²) in [6.07, 6.45) is 5.06. The van der Waals surface area contributed by atoms with Crippen LogP contribution in [-0.2, 0) is 0 Å². The summed E-state index contributed by atoms with van der Waals surface area (Å²) in [5.41, 5.74) is 1.27. The Labute approximate surface area is 142 Å². The van der Waals surface area contributed by atoms with Gasteiger partial charge < -0.3 is 5.32 Å². The Hall–Kier alpha value is -0.0900. The third kappa shape index (κ3) is 4.69. The molecule has 1 N–H and O–H groups in total. The van der Waals surface area contributed by atoms with Gasteiger partial charge in [0, 0.05) is 15.5 Å².